The van der Waals surface area contributed by atoms with Gasteiger partial charge in [0.2, 0.25) is 0 Å². The summed E-state index contributed by atoms with van der Waals surface area (Å²) in [6, 6.07) is 37.7. The standard InChI is InChI=1S/C42H31NO/c1-3-4-13-26(2)43(36-23-12-25-38-42(36)32-16-7-8-24-37(32)44-38)35-22-11-21-34-40-29-17-9-18-30(40)31-19-10-20-33(41(34)35)39(31)28-15-6-5-14-27(28)29/h3-25,31,39H,1-2H3/b4-3-,26-13+. The molecule has 0 fully saturated rings. The molecule has 2 heteroatoms. The highest BCUT2D eigenvalue weighted by atomic mass is 16.3. The summed E-state index contributed by atoms with van der Waals surface area (Å²) in [5.74, 6) is 0.507. The Bertz CT molecular complexity index is 2270. The number of furan rings is 1. The van der Waals surface area contributed by atoms with Gasteiger partial charge in [0.15, 0.2) is 0 Å². The number of nitrogens with zero attached hydrogens (tertiary/aromatic N) is 1. The molecule has 0 aliphatic heterocycles. The van der Waals surface area contributed by atoms with Crippen molar-refractivity contribution in [2.75, 3.05) is 4.90 Å². The molecule has 9 rings (SSSR count). The van der Waals surface area contributed by atoms with Crippen LogP contribution in [0.3, 0.4) is 0 Å². The van der Waals surface area contributed by atoms with Gasteiger partial charge in [-0.15, -0.1) is 0 Å². The highest BCUT2D eigenvalue weighted by molar-refractivity contribution is 6.13. The Kier molecular flexibility index (Phi) is 5.49. The zero-order chi connectivity index (χ0) is 29.4. The van der Waals surface area contributed by atoms with Crippen LogP contribution in [0.1, 0.15) is 42.4 Å². The second-order valence-electron chi connectivity index (χ2n) is 12.0. The zero-order valence-electron chi connectivity index (χ0n) is 24.8. The minimum absolute atomic E-state index is 0.226. The lowest BCUT2D eigenvalue weighted by atomic mass is 9.73. The Morgan fingerprint density at radius 1 is 0.705 bits per heavy atom. The van der Waals surface area contributed by atoms with Crippen LogP contribution in [0.5, 0.6) is 0 Å². The van der Waals surface area contributed by atoms with Crippen molar-refractivity contribution >= 4 is 38.9 Å². The van der Waals surface area contributed by atoms with Gasteiger partial charge in [0.05, 0.1) is 16.8 Å². The second kappa shape index (κ2) is 9.59. The molecule has 0 saturated heterocycles. The summed E-state index contributed by atoms with van der Waals surface area (Å²) < 4.78 is 6.38. The molecule has 3 aliphatic rings. The van der Waals surface area contributed by atoms with Crippen molar-refractivity contribution in [3.05, 3.63) is 162 Å². The van der Waals surface area contributed by atoms with E-state index in [1.165, 1.54) is 50.2 Å². The number of para-hydroxylation sites is 1. The molecule has 0 spiro atoms. The van der Waals surface area contributed by atoms with Gasteiger partial charge in [-0.05, 0) is 83.1 Å². The van der Waals surface area contributed by atoms with Crippen molar-refractivity contribution < 1.29 is 4.42 Å². The highest BCUT2D eigenvalue weighted by Gasteiger charge is 2.41. The molecule has 1 aromatic heterocycles. The summed E-state index contributed by atoms with van der Waals surface area (Å²) >= 11 is 0. The van der Waals surface area contributed by atoms with E-state index in [2.05, 4.69) is 152 Å². The average Bonchev–Trinajstić information content (AvgIpc) is 3.40. The van der Waals surface area contributed by atoms with Crippen LogP contribution in [-0.2, 0) is 0 Å². The molecule has 6 aromatic rings. The van der Waals surface area contributed by atoms with Crippen LogP contribution in [0.2, 0.25) is 0 Å². The van der Waals surface area contributed by atoms with Crippen LogP contribution in [-0.4, -0.2) is 0 Å². The lowest BCUT2D eigenvalue weighted by molar-refractivity contribution is 0.669. The van der Waals surface area contributed by atoms with Gasteiger partial charge in [0.25, 0.3) is 0 Å². The van der Waals surface area contributed by atoms with Crippen LogP contribution >= 0.6 is 0 Å². The van der Waals surface area contributed by atoms with Crippen LogP contribution < -0.4 is 4.90 Å². The molecular formula is C42H31NO. The quantitative estimate of drug-likeness (QED) is 0.198. The Balaban J connectivity index is 1.41. The molecule has 0 radical (unpaired) electrons. The highest BCUT2D eigenvalue weighted by Crippen LogP contribution is 2.61. The third-order valence-corrected chi connectivity index (χ3v) is 9.68. The van der Waals surface area contributed by atoms with E-state index in [0.29, 0.717) is 0 Å². The van der Waals surface area contributed by atoms with Gasteiger partial charge < -0.3 is 9.32 Å². The largest absolute Gasteiger partial charge is 0.456 e. The van der Waals surface area contributed by atoms with E-state index in [0.717, 1.165) is 33.3 Å². The SMILES string of the molecule is C/C=C\C=C(/C)N(c1cccc2c1C1=CC=CC3c4cccc(c4-2)-c2ccccc2C13)c1cccc2oc3ccccc3c12. The van der Waals surface area contributed by atoms with E-state index in [1.807, 2.05) is 6.07 Å². The average molecular weight is 566 g/mol. The van der Waals surface area contributed by atoms with Crippen molar-refractivity contribution in [1.29, 1.82) is 0 Å². The molecule has 0 amide bonds. The number of benzene rings is 5. The Morgan fingerprint density at radius 3 is 2.36 bits per heavy atom. The first-order valence-electron chi connectivity index (χ1n) is 15.5. The monoisotopic (exact) mass is 565 g/mol. The number of hydrogen-bond acceptors (Lipinski definition) is 2. The molecule has 2 unspecified atom stereocenters. The van der Waals surface area contributed by atoms with Gasteiger partial charge in [-0.3, -0.25) is 0 Å². The molecule has 5 aromatic carbocycles. The minimum Gasteiger partial charge on any atom is -0.456 e. The first-order valence-corrected chi connectivity index (χ1v) is 15.5. The van der Waals surface area contributed by atoms with Crippen LogP contribution in [0.15, 0.2) is 150 Å². The first kappa shape index (κ1) is 25.2. The summed E-state index contributed by atoms with van der Waals surface area (Å²) in [7, 11) is 0. The van der Waals surface area contributed by atoms with E-state index in [4.69, 9.17) is 4.42 Å². The summed E-state index contributed by atoms with van der Waals surface area (Å²) in [6.07, 6.45) is 13.5. The molecule has 0 N–H and O–H groups in total. The summed E-state index contributed by atoms with van der Waals surface area (Å²) in [5.41, 5.74) is 16.1. The third-order valence-electron chi connectivity index (χ3n) is 9.68. The van der Waals surface area contributed by atoms with Gasteiger partial charge in [-0.25, -0.2) is 0 Å². The topological polar surface area (TPSA) is 16.4 Å². The smallest absolute Gasteiger partial charge is 0.137 e. The summed E-state index contributed by atoms with van der Waals surface area (Å²) in [6.45, 7) is 4.28. The lowest BCUT2D eigenvalue weighted by Crippen LogP contribution is -2.19. The van der Waals surface area contributed by atoms with Crippen molar-refractivity contribution in [2.45, 2.75) is 25.7 Å². The van der Waals surface area contributed by atoms with Gasteiger partial charge >= 0.3 is 0 Å². The van der Waals surface area contributed by atoms with Crippen LogP contribution in [0.25, 0.3) is 49.8 Å². The van der Waals surface area contributed by atoms with Crippen molar-refractivity contribution in [1.82, 2.24) is 0 Å². The Hall–Kier alpha value is -5.34. The molecule has 2 atom stereocenters. The van der Waals surface area contributed by atoms with Gasteiger partial charge in [-0.1, -0.05) is 109 Å². The maximum absolute atomic E-state index is 6.38. The van der Waals surface area contributed by atoms with Crippen molar-refractivity contribution in [3.8, 4) is 22.3 Å². The van der Waals surface area contributed by atoms with Gasteiger partial charge in [-0.2, -0.15) is 0 Å². The molecule has 210 valence electrons. The predicted octanol–water partition coefficient (Wildman–Crippen LogP) is 11.7. The van der Waals surface area contributed by atoms with Crippen molar-refractivity contribution in [2.24, 2.45) is 0 Å². The molecule has 6 bridgehead atoms. The maximum Gasteiger partial charge on any atom is 0.137 e. The summed E-state index contributed by atoms with van der Waals surface area (Å²) in [4.78, 5) is 2.45. The molecular weight excluding hydrogens is 534 g/mol. The number of anilines is 2. The van der Waals surface area contributed by atoms with E-state index < -0.39 is 0 Å². The third kappa shape index (κ3) is 3.43. The van der Waals surface area contributed by atoms with Gasteiger partial charge in [0, 0.05) is 28.5 Å². The van der Waals surface area contributed by atoms with E-state index >= 15 is 0 Å². The molecule has 2 nitrogen and oxygen atoms in total. The predicted molar refractivity (Wildman–Crippen MR) is 184 cm³/mol. The lowest BCUT2D eigenvalue weighted by Gasteiger charge is -2.34. The minimum atomic E-state index is 0.226. The summed E-state index contributed by atoms with van der Waals surface area (Å²) in [5, 5.41) is 2.26. The molecule has 0 saturated carbocycles. The van der Waals surface area contributed by atoms with Crippen LogP contribution in [0, 0.1) is 0 Å². The van der Waals surface area contributed by atoms with Gasteiger partial charge in [0.1, 0.15) is 11.2 Å². The molecule has 1 heterocycles. The molecule has 3 aliphatic carbocycles. The number of fused-ring (bicyclic) bond motifs is 7. The zero-order valence-corrected chi connectivity index (χ0v) is 24.8. The fourth-order valence-corrected chi connectivity index (χ4v) is 7.96. The van der Waals surface area contributed by atoms with E-state index in [1.54, 1.807) is 0 Å². The van der Waals surface area contributed by atoms with Crippen molar-refractivity contribution in [3.63, 3.8) is 0 Å². The molecule has 44 heavy (non-hydrogen) atoms. The Morgan fingerprint density at radius 2 is 1.43 bits per heavy atom. The Labute approximate surface area is 257 Å². The number of allylic oxidation sites excluding steroid dienone is 8. The number of rotatable bonds is 4. The first-order chi connectivity index (χ1) is 21.7. The van der Waals surface area contributed by atoms with E-state index in [9.17, 15) is 0 Å². The normalized spacial score (nSPS) is 17.9. The van der Waals surface area contributed by atoms with E-state index in [-0.39, 0.29) is 11.8 Å². The maximum atomic E-state index is 6.38. The fraction of sp³-hybridized carbons (Fsp3) is 0.0952. The second-order valence-corrected chi connectivity index (χ2v) is 12.0. The fourth-order valence-electron chi connectivity index (χ4n) is 7.96. The van der Waals surface area contributed by atoms with Crippen LogP contribution in [0.4, 0.5) is 11.4 Å². The number of hydrogen-bond donors (Lipinski definition) is 0.